The predicted molar refractivity (Wildman–Crippen MR) is 271 cm³/mol. The van der Waals surface area contributed by atoms with Crippen LogP contribution >= 0.6 is 0 Å². The first-order chi connectivity index (χ1) is 32.2. The highest BCUT2D eigenvalue weighted by molar-refractivity contribution is 6.02. The number of hydrogen-bond acceptors (Lipinski definition) is 2. The molecular weight excluding hydrogens is 799 g/mol. The average Bonchev–Trinajstić information content (AvgIpc) is 3.89. The Morgan fingerprint density at radius 1 is 0.439 bits per heavy atom. The topological polar surface area (TPSA) is 12.5 Å². The van der Waals surface area contributed by atoms with Gasteiger partial charge < -0.3 is 9.64 Å². The number of fused-ring (bicyclic) bond motifs is 20. The Kier molecular flexibility index (Phi) is 6.85. The lowest BCUT2D eigenvalue weighted by Gasteiger charge is -2.42. The molecule has 9 aromatic rings. The van der Waals surface area contributed by atoms with E-state index >= 15 is 0 Å². The van der Waals surface area contributed by atoms with E-state index in [1.807, 2.05) is 0 Å². The van der Waals surface area contributed by atoms with Crippen LogP contribution in [0.3, 0.4) is 0 Å². The fourth-order valence-corrected chi connectivity index (χ4v) is 13.9. The summed E-state index contributed by atoms with van der Waals surface area (Å²) in [7, 11) is 0. The van der Waals surface area contributed by atoms with Gasteiger partial charge in [-0.2, -0.15) is 0 Å². The van der Waals surface area contributed by atoms with Gasteiger partial charge in [0, 0.05) is 50.0 Å². The molecule has 314 valence electrons. The maximum Gasteiger partial charge on any atom is 0.140 e. The SMILES string of the molecule is CC1(C)c2ccccc2-c2ccc(N(c3ccc4c(c3)C(C)(C)c3ccccc3-4)C34C=CC5=C(c6ccccc6C56c5ccc7ccccc7c5Oc5c6ccc6ccccc56)C3C4)cc21. The molecule has 1 heterocycles. The van der Waals surface area contributed by atoms with Gasteiger partial charge in [0.2, 0.25) is 0 Å². The number of nitrogens with zero attached hydrogens (tertiary/aromatic N) is 1. The standard InChI is InChI=1S/C64H47NO/c1-61(2)49-22-12-9-19-44(49)46-29-27-40(35-55(46)61)65(41-28-30-47-45-20-10-13-23-50(45)62(3,4)56(47)36-41)63-34-33-52-58(57(63)37-63)48-21-11-14-24-51(48)64(52)53-31-25-38-15-5-7-17-42(38)59(53)66-60-43-18-8-6-16-39(43)26-32-54(60)64/h5-36,57H,37H2,1-4H3. The second-order valence-corrected chi connectivity index (χ2v) is 20.8. The summed E-state index contributed by atoms with van der Waals surface area (Å²) >= 11 is 0. The third-order valence-electron chi connectivity index (χ3n) is 17.0. The lowest BCUT2D eigenvalue weighted by atomic mass is 9.64. The van der Waals surface area contributed by atoms with Crippen LogP contribution in [0, 0.1) is 5.92 Å². The van der Waals surface area contributed by atoms with Crippen molar-refractivity contribution in [2.45, 2.75) is 55.9 Å². The molecule has 0 N–H and O–H groups in total. The summed E-state index contributed by atoms with van der Waals surface area (Å²) in [5.74, 6) is 2.18. The summed E-state index contributed by atoms with van der Waals surface area (Å²) in [5.41, 5.74) is 20.4. The number of hydrogen-bond donors (Lipinski definition) is 0. The second kappa shape index (κ2) is 12.3. The Bertz CT molecular complexity index is 3560. The molecule has 0 radical (unpaired) electrons. The van der Waals surface area contributed by atoms with Crippen LogP contribution in [-0.2, 0) is 16.2 Å². The second-order valence-electron chi connectivity index (χ2n) is 20.8. The van der Waals surface area contributed by atoms with Crippen LogP contribution in [0.4, 0.5) is 11.4 Å². The monoisotopic (exact) mass is 845 g/mol. The zero-order valence-corrected chi connectivity index (χ0v) is 37.6. The van der Waals surface area contributed by atoms with E-state index in [2.05, 4.69) is 227 Å². The van der Waals surface area contributed by atoms with E-state index in [0.29, 0.717) is 0 Å². The van der Waals surface area contributed by atoms with E-state index in [1.165, 1.54) is 100 Å². The van der Waals surface area contributed by atoms with Crippen molar-refractivity contribution in [2.24, 2.45) is 5.92 Å². The van der Waals surface area contributed by atoms with Crippen molar-refractivity contribution in [2.75, 3.05) is 4.90 Å². The first-order valence-electron chi connectivity index (χ1n) is 23.8. The van der Waals surface area contributed by atoms with Crippen LogP contribution in [0.5, 0.6) is 11.5 Å². The van der Waals surface area contributed by atoms with Crippen molar-refractivity contribution in [1.82, 2.24) is 0 Å². The van der Waals surface area contributed by atoms with Gasteiger partial charge in [0.25, 0.3) is 0 Å². The predicted octanol–water partition coefficient (Wildman–Crippen LogP) is 16.0. The molecule has 9 aromatic carbocycles. The molecule has 0 bridgehead atoms. The first kappa shape index (κ1) is 36.9. The number of anilines is 2. The Morgan fingerprint density at radius 2 is 0.909 bits per heavy atom. The molecule has 2 unspecified atom stereocenters. The molecule has 1 saturated carbocycles. The Labute approximate surface area is 386 Å². The zero-order chi connectivity index (χ0) is 43.9. The fourth-order valence-electron chi connectivity index (χ4n) is 13.9. The molecular formula is C64H47NO. The van der Waals surface area contributed by atoms with Crippen molar-refractivity contribution in [3.05, 3.63) is 244 Å². The van der Waals surface area contributed by atoms with E-state index in [1.54, 1.807) is 0 Å². The van der Waals surface area contributed by atoms with Gasteiger partial charge >= 0.3 is 0 Å². The lowest BCUT2D eigenvalue weighted by Crippen LogP contribution is -2.37. The van der Waals surface area contributed by atoms with Gasteiger partial charge in [-0.15, -0.1) is 0 Å². The van der Waals surface area contributed by atoms with Crippen LogP contribution in [0.25, 0.3) is 49.4 Å². The van der Waals surface area contributed by atoms with Gasteiger partial charge in [0.1, 0.15) is 11.5 Å². The molecule has 6 aliphatic rings. The summed E-state index contributed by atoms with van der Waals surface area (Å²) in [6.45, 7) is 9.62. The van der Waals surface area contributed by atoms with Crippen LogP contribution in [-0.4, -0.2) is 5.54 Å². The van der Waals surface area contributed by atoms with Gasteiger partial charge in [-0.05, 0) is 108 Å². The van der Waals surface area contributed by atoms with Crippen LogP contribution in [0.2, 0.25) is 0 Å². The van der Waals surface area contributed by atoms with Crippen LogP contribution in [0.15, 0.2) is 200 Å². The maximum atomic E-state index is 7.29. The number of allylic oxidation sites excluding steroid dienone is 2. The van der Waals surface area contributed by atoms with E-state index in [9.17, 15) is 0 Å². The fraction of sp³-hybridized carbons (Fsp3) is 0.156. The highest BCUT2D eigenvalue weighted by Crippen LogP contribution is 2.71. The normalized spacial score (nSPS) is 20.6. The zero-order valence-electron chi connectivity index (χ0n) is 37.6. The van der Waals surface area contributed by atoms with E-state index in [-0.39, 0.29) is 22.3 Å². The molecule has 0 saturated heterocycles. The van der Waals surface area contributed by atoms with Gasteiger partial charge in [0.05, 0.1) is 11.0 Å². The van der Waals surface area contributed by atoms with Crippen molar-refractivity contribution < 1.29 is 4.74 Å². The Hall–Kier alpha value is -7.42. The van der Waals surface area contributed by atoms with Gasteiger partial charge in [0.15, 0.2) is 0 Å². The largest absolute Gasteiger partial charge is 0.455 e. The highest BCUT2D eigenvalue weighted by Gasteiger charge is 2.65. The highest BCUT2D eigenvalue weighted by atomic mass is 16.5. The lowest BCUT2D eigenvalue weighted by molar-refractivity contribution is 0.446. The molecule has 5 aliphatic carbocycles. The number of rotatable bonds is 3. The van der Waals surface area contributed by atoms with Crippen molar-refractivity contribution in [3.63, 3.8) is 0 Å². The third kappa shape index (κ3) is 4.34. The molecule has 1 fully saturated rings. The quantitative estimate of drug-likeness (QED) is 0.176. The summed E-state index contributed by atoms with van der Waals surface area (Å²) in [6.07, 6.45) is 6.18. The minimum Gasteiger partial charge on any atom is -0.455 e. The minimum atomic E-state index is -0.564. The molecule has 66 heavy (non-hydrogen) atoms. The van der Waals surface area contributed by atoms with E-state index in [0.717, 1.165) is 28.7 Å². The van der Waals surface area contributed by atoms with Crippen LogP contribution in [0.1, 0.15) is 78.6 Å². The van der Waals surface area contributed by atoms with Crippen molar-refractivity contribution >= 4 is 38.5 Å². The van der Waals surface area contributed by atoms with E-state index < -0.39 is 5.41 Å². The summed E-state index contributed by atoms with van der Waals surface area (Å²) in [5, 5.41) is 4.67. The molecule has 2 nitrogen and oxygen atoms in total. The minimum absolute atomic E-state index is 0.122. The molecule has 15 rings (SSSR count). The molecule has 0 aromatic heterocycles. The summed E-state index contributed by atoms with van der Waals surface area (Å²) < 4.78 is 7.29. The van der Waals surface area contributed by atoms with Crippen LogP contribution < -0.4 is 9.64 Å². The average molecular weight is 846 g/mol. The summed E-state index contributed by atoms with van der Waals surface area (Å²) in [4.78, 5) is 2.75. The molecule has 2 heteroatoms. The van der Waals surface area contributed by atoms with Gasteiger partial charge in [-0.3, -0.25) is 0 Å². The molecule has 0 amide bonds. The summed E-state index contributed by atoms with van der Waals surface area (Å²) in [6, 6.07) is 68.9. The van der Waals surface area contributed by atoms with E-state index in [4.69, 9.17) is 4.74 Å². The number of ether oxygens (including phenoxy) is 1. The smallest absolute Gasteiger partial charge is 0.140 e. The molecule has 1 aliphatic heterocycles. The molecule has 1 spiro atoms. The Morgan fingerprint density at radius 3 is 1.47 bits per heavy atom. The van der Waals surface area contributed by atoms with Gasteiger partial charge in [-0.1, -0.05) is 198 Å². The Balaban J connectivity index is 0.971. The van der Waals surface area contributed by atoms with Gasteiger partial charge in [-0.25, -0.2) is 0 Å². The van der Waals surface area contributed by atoms with Crippen molar-refractivity contribution in [1.29, 1.82) is 0 Å². The number of benzene rings is 9. The molecule has 2 atom stereocenters. The maximum absolute atomic E-state index is 7.29. The van der Waals surface area contributed by atoms with Crippen molar-refractivity contribution in [3.8, 4) is 33.8 Å². The first-order valence-corrected chi connectivity index (χ1v) is 23.8. The third-order valence-corrected chi connectivity index (χ3v) is 17.0.